The molecule has 0 saturated heterocycles. The number of benzene rings is 7. The minimum absolute atomic E-state index is 0. The van der Waals surface area contributed by atoms with Gasteiger partial charge in [0.1, 0.15) is 11.2 Å². The Hall–Kier alpha value is -6.70. The number of imidazole rings is 1. The number of hydrogen-bond donors (Lipinski definition) is 0. The molecular formula is C64H60IrN4O2Si-2. The predicted octanol–water partition coefficient (Wildman–Crippen LogP) is 16.9. The molecule has 0 amide bonds. The summed E-state index contributed by atoms with van der Waals surface area (Å²) < 4.78 is 33.2. The van der Waals surface area contributed by atoms with Crippen LogP contribution in [0.3, 0.4) is 0 Å². The molecule has 1 radical (unpaired) electrons. The Morgan fingerprint density at radius 1 is 0.653 bits per heavy atom. The van der Waals surface area contributed by atoms with E-state index in [2.05, 4.69) is 162 Å². The number of nitrogens with zero attached hydrogens (tertiary/aromatic N) is 4. The van der Waals surface area contributed by atoms with Crippen LogP contribution < -0.4 is 5.19 Å². The summed E-state index contributed by atoms with van der Waals surface area (Å²) in [7, 11) is -1.74. The molecule has 363 valence electrons. The molecule has 0 unspecified atom stereocenters. The smallest absolute Gasteiger partial charge is 0.216 e. The zero-order chi connectivity index (χ0) is 51.5. The number of para-hydroxylation sites is 1. The minimum Gasteiger partial charge on any atom is -0.486 e. The first-order valence-electron chi connectivity index (χ1n) is 25.6. The normalized spacial score (nSPS) is 13.0. The molecule has 12 aromatic rings. The maximum absolute atomic E-state index is 8.89. The van der Waals surface area contributed by atoms with Gasteiger partial charge in [-0.15, -0.1) is 53.6 Å². The van der Waals surface area contributed by atoms with Crippen LogP contribution in [0.25, 0.3) is 105 Å². The van der Waals surface area contributed by atoms with Gasteiger partial charge < -0.3 is 18.4 Å². The third-order valence-corrected chi connectivity index (χ3v) is 15.7. The predicted molar refractivity (Wildman–Crippen MR) is 300 cm³/mol. The van der Waals surface area contributed by atoms with Crippen LogP contribution in [-0.4, -0.2) is 27.6 Å². The molecule has 72 heavy (non-hydrogen) atoms. The fraction of sp³-hybridized carbons (Fsp3) is 0.234. The Labute approximate surface area is 439 Å². The summed E-state index contributed by atoms with van der Waals surface area (Å²) >= 11 is 0. The largest absolute Gasteiger partial charge is 0.486 e. The summed E-state index contributed by atoms with van der Waals surface area (Å²) in [6.07, 6.45) is 0.472. The van der Waals surface area contributed by atoms with Crippen LogP contribution in [0.5, 0.6) is 0 Å². The molecule has 8 heteroatoms. The van der Waals surface area contributed by atoms with Crippen molar-refractivity contribution in [2.45, 2.75) is 93.7 Å². The third-order valence-electron chi connectivity index (χ3n) is 13.6. The molecule has 0 bridgehead atoms. The van der Waals surface area contributed by atoms with E-state index >= 15 is 0 Å². The van der Waals surface area contributed by atoms with Crippen molar-refractivity contribution in [1.82, 2.24) is 19.5 Å². The van der Waals surface area contributed by atoms with Gasteiger partial charge in [0.15, 0.2) is 0 Å². The number of hydrogen-bond acceptors (Lipinski definition) is 5. The third kappa shape index (κ3) is 8.57. The average molecular weight is 1140 g/mol. The maximum Gasteiger partial charge on any atom is 0.216 e. The van der Waals surface area contributed by atoms with E-state index in [0.29, 0.717) is 5.71 Å². The van der Waals surface area contributed by atoms with Gasteiger partial charge in [-0.3, -0.25) is 4.98 Å². The van der Waals surface area contributed by atoms with Crippen LogP contribution in [0.2, 0.25) is 19.6 Å². The fourth-order valence-electron chi connectivity index (χ4n) is 10.3. The van der Waals surface area contributed by atoms with Crippen molar-refractivity contribution in [3.05, 3.63) is 174 Å². The van der Waals surface area contributed by atoms with Gasteiger partial charge in [0.05, 0.1) is 30.5 Å². The van der Waals surface area contributed by atoms with Gasteiger partial charge in [-0.25, -0.2) is 4.98 Å². The van der Waals surface area contributed by atoms with Crippen molar-refractivity contribution >= 4 is 89.8 Å². The molecule has 0 saturated carbocycles. The Morgan fingerprint density at radius 2 is 1.32 bits per heavy atom. The second-order valence-electron chi connectivity index (χ2n) is 22.2. The Balaban J connectivity index is 0.000000193. The van der Waals surface area contributed by atoms with E-state index in [9.17, 15) is 0 Å². The molecular weight excluding hydrogens is 1080 g/mol. The van der Waals surface area contributed by atoms with Gasteiger partial charge in [-0.05, 0) is 89.5 Å². The molecule has 6 nitrogen and oxygen atoms in total. The summed E-state index contributed by atoms with van der Waals surface area (Å²) in [6.45, 7) is 25.5. The molecule has 0 aliphatic carbocycles. The summed E-state index contributed by atoms with van der Waals surface area (Å²) in [5.41, 5.74) is 13.3. The number of furan rings is 2. The minimum atomic E-state index is -1.74. The van der Waals surface area contributed by atoms with E-state index in [1.54, 1.807) is 0 Å². The van der Waals surface area contributed by atoms with E-state index < -0.39 is 19.9 Å². The van der Waals surface area contributed by atoms with Crippen LogP contribution in [0.4, 0.5) is 0 Å². The first-order valence-corrected chi connectivity index (χ1v) is 28.1. The van der Waals surface area contributed by atoms with Gasteiger partial charge >= 0.3 is 0 Å². The van der Waals surface area contributed by atoms with E-state index in [1.165, 1.54) is 16.3 Å². The summed E-state index contributed by atoms with van der Waals surface area (Å²) in [4.78, 5) is 14.9. The zero-order valence-corrected chi connectivity index (χ0v) is 46.5. The molecule has 0 aliphatic rings. The standard InChI is InChI=1S/C41H26N3O2.C23H34NSi.Ir/c1-22-21-33-27-13-8-9-18-34(27)45-38(33)24(3)36(22)44-37-29-15-7-5-12-26(29)25-11-4-6-14-28(25)35(37)43-40(44)32-17-10-16-30-31-20-19-23(2)42-41(31)46-39(30)32;1-22(2,3)15-18-14-20(24-16-21(18)25(7,8)9)17-11-10-12-19(13-17)23(4,5)6;/h4-16,18-21H,1-3H3;10,12-14,16H,15H2,1-9H3;/q2*-1;/i;15D2;. The second-order valence-corrected chi connectivity index (χ2v) is 27.2. The molecule has 0 spiro atoms. The topological polar surface area (TPSA) is 69.9 Å². The summed E-state index contributed by atoms with van der Waals surface area (Å²) in [5, 5.41) is 9.89. The Bertz CT molecular complexity index is 4190. The van der Waals surface area contributed by atoms with Crippen molar-refractivity contribution in [3.8, 4) is 28.3 Å². The number of rotatable bonds is 5. The molecule has 5 heterocycles. The maximum atomic E-state index is 8.89. The number of aromatic nitrogens is 4. The van der Waals surface area contributed by atoms with Crippen molar-refractivity contribution < 1.29 is 31.7 Å². The molecule has 12 rings (SSSR count). The Morgan fingerprint density at radius 3 is 2.03 bits per heavy atom. The van der Waals surface area contributed by atoms with E-state index in [4.69, 9.17) is 26.5 Å². The number of aryl methyl sites for hydroxylation is 3. The molecule has 0 fully saturated rings. The summed E-state index contributed by atoms with van der Waals surface area (Å²) in [6, 6.07) is 50.8. The molecule has 0 aliphatic heterocycles. The molecule has 7 aromatic carbocycles. The van der Waals surface area contributed by atoms with Gasteiger partial charge in [0.25, 0.3) is 0 Å². The number of pyridine rings is 2. The fourth-order valence-corrected chi connectivity index (χ4v) is 11.7. The van der Waals surface area contributed by atoms with Crippen LogP contribution in [-0.2, 0) is 31.9 Å². The monoisotopic (exact) mass is 1140 g/mol. The molecule has 0 N–H and O–H groups in total. The first kappa shape index (κ1) is 46.4. The quantitative estimate of drug-likeness (QED) is 0.0976. The van der Waals surface area contributed by atoms with E-state index in [-0.39, 0.29) is 25.5 Å². The van der Waals surface area contributed by atoms with Crippen LogP contribution >= 0.6 is 0 Å². The van der Waals surface area contributed by atoms with Gasteiger partial charge in [-0.1, -0.05) is 150 Å². The molecule has 5 aromatic heterocycles. The van der Waals surface area contributed by atoms with Crippen LogP contribution in [0.15, 0.2) is 142 Å². The number of fused-ring (bicyclic) bond motifs is 12. The van der Waals surface area contributed by atoms with Crippen LogP contribution in [0.1, 0.15) is 72.2 Å². The van der Waals surface area contributed by atoms with Gasteiger partial charge in [0.2, 0.25) is 5.71 Å². The van der Waals surface area contributed by atoms with Crippen molar-refractivity contribution in [3.63, 3.8) is 0 Å². The van der Waals surface area contributed by atoms with Gasteiger partial charge in [0, 0.05) is 72.9 Å². The summed E-state index contributed by atoms with van der Waals surface area (Å²) in [5.74, 6) is 0.763. The van der Waals surface area contributed by atoms with Crippen molar-refractivity contribution in [2.75, 3.05) is 0 Å². The average Bonchev–Trinajstić information content (AvgIpc) is 4.05. The van der Waals surface area contributed by atoms with Gasteiger partial charge in [-0.2, -0.15) is 0 Å². The van der Waals surface area contributed by atoms with Crippen LogP contribution in [0, 0.1) is 38.3 Å². The van der Waals surface area contributed by atoms with E-state index in [0.717, 1.165) is 116 Å². The van der Waals surface area contributed by atoms with Crippen molar-refractivity contribution in [2.24, 2.45) is 5.41 Å². The first-order chi connectivity index (χ1) is 34.6. The van der Waals surface area contributed by atoms with E-state index in [1.807, 2.05) is 70.3 Å². The SMILES string of the molecule is Cc1ccc2c(n1)oc1c(-c3nc4c5ccccc5c5ccccc5c4n3-c3c(C)cc4c(oc5ccccc54)c3C)[c-]ccc12.[2H]C([2H])(c1cc(-c2[c-]ccc(C(C)(C)C)c2)ncc1[Si](C)(C)C)C(C)(C)C.[Ir]. The zero-order valence-electron chi connectivity index (χ0n) is 45.1. The van der Waals surface area contributed by atoms with Crippen molar-refractivity contribution in [1.29, 1.82) is 0 Å². The Kier molecular flexibility index (Phi) is 11.7. The molecule has 0 atom stereocenters. The second kappa shape index (κ2) is 18.1.